The molecule has 10 heteroatoms. The highest BCUT2D eigenvalue weighted by Crippen LogP contribution is 2.31. The summed E-state index contributed by atoms with van der Waals surface area (Å²) in [6.45, 7) is 4.64. The molecule has 1 heterocycles. The molecule has 26 heavy (non-hydrogen) atoms. The van der Waals surface area contributed by atoms with E-state index in [1.165, 1.54) is 23.5 Å². The Labute approximate surface area is 153 Å². The highest BCUT2D eigenvalue weighted by Gasteiger charge is 2.33. The molecule has 0 spiro atoms. The van der Waals surface area contributed by atoms with E-state index in [0.717, 1.165) is 12.5 Å². The van der Waals surface area contributed by atoms with E-state index in [1.54, 1.807) is 0 Å². The molecular weight excluding hydrogens is 360 g/mol. The summed E-state index contributed by atoms with van der Waals surface area (Å²) in [5, 5.41) is 16.4. The minimum absolute atomic E-state index is 0.0953. The molecule has 2 atom stereocenters. The number of nitrogens with zero attached hydrogens (tertiary/aromatic N) is 2. The maximum atomic E-state index is 12.9. The number of hydrogen-bond donors (Lipinski definition) is 2. The Morgan fingerprint density at radius 1 is 1.31 bits per heavy atom. The van der Waals surface area contributed by atoms with Crippen LogP contribution in [0.5, 0.6) is 0 Å². The number of nitrogens with one attached hydrogen (secondary N) is 2. The fourth-order valence-electron chi connectivity index (χ4n) is 3.19. The average Bonchev–Trinajstić information content (AvgIpc) is 2.58. The molecule has 9 nitrogen and oxygen atoms in total. The number of likely N-dealkylation sites (N-methyl/N-ethyl adjacent to an activating group) is 1. The van der Waals surface area contributed by atoms with Gasteiger partial charge in [-0.1, -0.05) is 13.8 Å². The second-order valence-electron chi connectivity index (χ2n) is 6.73. The van der Waals surface area contributed by atoms with E-state index in [-0.39, 0.29) is 40.6 Å². The molecule has 1 amide bonds. The summed E-state index contributed by atoms with van der Waals surface area (Å²) in [5.41, 5.74) is -0.286. The molecule has 1 aliphatic rings. The number of rotatable bonds is 6. The molecule has 1 aromatic carbocycles. The number of sulfonamides is 1. The lowest BCUT2D eigenvalue weighted by molar-refractivity contribution is -0.384. The lowest BCUT2D eigenvalue weighted by Crippen LogP contribution is -2.42. The minimum atomic E-state index is -3.81. The molecule has 2 N–H and O–H groups in total. The van der Waals surface area contributed by atoms with Crippen LogP contribution in [0, 0.1) is 22.0 Å². The molecule has 1 aromatic rings. The van der Waals surface area contributed by atoms with Gasteiger partial charge in [0, 0.05) is 26.2 Å². The third kappa shape index (κ3) is 4.50. The van der Waals surface area contributed by atoms with E-state index in [4.69, 9.17) is 0 Å². The Morgan fingerprint density at radius 3 is 2.46 bits per heavy atom. The van der Waals surface area contributed by atoms with Gasteiger partial charge < -0.3 is 10.6 Å². The molecule has 0 radical (unpaired) electrons. The topological polar surface area (TPSA) is 122 Å². The first-order valence-electron chi connectivity index (χ1n) is 8.38. The molecule has 0 saturated carbocycles. The van der Waals surface area contributed by atoms with Gasteiger partial charge in [0.05, 0.1) is 16.4 Å². The third-order valence-corrected chi connectivity index (χ3v) is 6.18. The van der Waals surface area contributed by atoms with Crippen molar-refractivity contribution in [3.05, 3.63) is 28.3 Å². The SMILES string of the molecule is CNC(=O)CNc1ccc(S(=O)(=O)N2C[C@H](C)C[C@@H](C)C2)cc1[N+](=O)[O-]. The molecule has 0 aromatic heterocycles. The van der Waals surface area contributed by atoms with Gasteiger partial charge in [-0.25, -0.2) is 8.42 Å². The fourth-order valence-corrected chi connectivity index (χ4v) is 4.89. The Bertz CT molecular complexity index is 786. The highest BCUT2D eigenvalue weighted by molar-refractivity contribution is 7.89. The lowest BCUT2D eigenvalue weighted by Gasteiger charge is -2.34. The number of carbonyl (C=O) groups excluding carboxylic acids is 1. The van der Waals surface area contributed by atoms with Gasteiger partial charge in [0.2, 0.25) is 15.9 Å². The number of nitro groups is 1. The second kappa shape index (κ2) is 8.00. The van der Waals surface area contributed by atoms with Gasteiger partial charge in [-0.15, -0.1) is 0 Å². The van der Waals surface area contributed by atoms with Crippen molar-refractivity contribution in [1.29, 1.82) is 0 Å². The van der Waals surface area contributed by atoms with Gasteiger partial charge >= 0.3 is 0 Å². The standard InChI is InChI=1S/C16H24N4O5S/c1-11-6-12(2)10-19(9-11)26(24,25)13-4-5-14(15(7-13)20(22)23)18-8-16(21)17-3/h4-5,7,11-12,18H,6,8-10H2,1-3H3,(H,17,21)/t11-,12-/m1/s1. The number of benzene rings is 1. The molecule has 2 rings (SSSR count). The minimum Gasteiger partial charge on any atom is -0.371 e. The van der Waals surface area contributed by atoms with Crippen LogP contribution in [-0.2, 0) is 14.8 Å². The molecule has 1 saturated heterocycles. The van der Waals surface area contributed by atoms with Crippen molar-refractivity contribution >= 4 is 27.3 Å². The highest BCUT2D eigenvalue weighted by atomic mass is 32.2. The summed E-state index contributed by atoms with van der Waals surface area (Å²) in [6.07, 6.45) is 0.953. The van der Waals surface area contributed by atoms with Crippen LogP contribution in [0.2, 0.25) is 0 Å². The Morgan fingerprint density at radius 2 is 1.92 bits per heavy atom. The maximum Gasteiger partial charge on any atom is 0.293 e. The number of carbonyl (C=O) groups is 1. The molecule has 0 aliphatic carbocycles. The summed E-state index contributed by atoms with van der Waals surface area (Å²) in [5.74, 6) is 0.126. The fraction of sp³-hybridized carbons (Fsp3) is 0.562. The predicted molar refractivity (Wildman–Crippen MR) is 97.4 cm³/mol. The maximum absolute atomic E-state index is 12.9. The van der Waals surface area contributed by atoms with E-state index in [0.29, 0.717) is 13.1 Å². The van der Waals surface area contributed by atoms with E-state index in [2.05, 4.69) is 10.6 Å². The summed E-state index contributed by atoms with van der Waals surface area (Å²) in [7, 11) is -2.36. The van der Waals surface area contributed by atoms with Crippen LogP contribution in [0.1, 0.15) is 20.3 Å². The molecule has 0 unspecified atom stereocenters. The zero-order chi connectivity index (χ0) is 19.5. The van der Waals surface area contributed by atoms with Gasteiger partial charge in [0.15, 0.2) is 0 Å². The lowest BCUT2D eigenvalue weighted by atomic mass is 9.94. The van der Waals surface area contributed by atoms with Crippen molar-refractivity contribution in [3.8, 4) is 0 Å². The van der Waals surface area contributed by atoms with Crippen LogP contribution < -0.4 is 10.6 Å². The van der Waals surface area contributed by atoms with Crippen LogP contribution in [0.25, 0.3) is 0 Å². The number of amides is 1. The van der Waals surface area contributed by atoms with Crippen molar-refractivity contribution in [1.82, 2.24) is 9.62 Å². The Kier molecular flexibility index (Phi) is 6.19. The number of hydrogen-bond acceptors (Lipinski definition) is 6. The van der Waals surface area contributed by atoms with Gasteiger partial charge in [-0.05, 0) is 30.4 Å². The van der Waals surface area contributed by atoms with Crippen LogP contribution in [-0.4, -0.2) is 50.2 Å². The zero-order valence-electron chi connectivity index (χ0n) is 15.1. The van der Waals surface area contributed by atoms with Crippen LogP contribution in [0.3, 0.4) is 0 Å². The first-order valence-corrected chi connectivity index (χ1v) is 9.82. The van der Waals surface area contributed by atoms with Gasteiger partial charge in [0.1, 0.15) is 5.69 Å². The monoisotopic (exact) mass is 384 g/mol. The van der Waals surface area contributed by atoms with Crippen LogP contribution in [0.15, 0.2) is 23.1 Å². The van der Waals surface area contributed by atoms with Gasteiger partial charge in [-0.3, -0.25) is 14.9 Å². The van der Waals surface area contributed by atoms with Gasteiger partial charge in [0.25, 0.3) is 5.69 Å². The van der Waals surface area contributed by atoms with Crippen LogP contribution >= 0.6 is 0 Å². The van der Waals surface area contributed by atoms with Crippen LogP contribution in [0.4, 0.5) is 11.4 Å². The molecule has 1 aliphatic heterocycles. The smallest absolute Gasteiger partial charge is 0.293 e. The summed E-state index contributed by atoms with van der Waals surface area (Å²) in [6, 6.07) is 3.70. The van der Waals surface area contributed by atoms with Crippen molar-refractivity contribution in [2.75, 3.05) is 32.0 Å². The molecule has 0 bridgehead atoms. The summed E-state index contributed by atoms with van der Waals surface area (Å²) >= 11 is 0. The first-order chi connectivity index (χ1) is 12.1. The molecule has 1 fully saturated rings. The van der Waals surface area contributed by atoms with E-state index in [9.17, 15) is 23.3 Å². The van der Waals surface area contributed by atoms with E-state index in [1.807, 2.05) is 13.8 Å². The van der Waals surface area contributed by atoms with E-state index >= 15 is 0 Å². The van der Waals surface area contributed by atoms with Gasteiger partial charge in [-0.2, -0.15) is 4.31 Å². The number of nitro benzene ring substituents is 1. The third-order valence-electron chi connectivity index (χ3n) is 4.36. The first kappa shape index (κ1) is 20.1. The van der Waals surface area contributed by atoms with Crippen molar-refractivity contribution in [3.63, 3.8) is 0 Å². The Balaban J connectivity index is 2.33. The van der Waals surface area contributed by atoms with E-state index < -0.39 is 14.9 Å². The van der Waals surface area contributed by atoms with Crippen molar-refractivity contribution in [2.45, 2.75) is 25.2 Å². The number of piperidine rings is 1. The zero-order valence-corrected chi connectivity index (χ0v) is 15.9. The second-order valence-corrected chi connectivity index (χ2v) is 8.67. The predicted octanol–water partition coefficient (Wildman–Crippen LogP) is 1.42. The largest absolute Gasteiger partial charge is 0.371 e. The average molecular weight is 384 g/mol. The number of anilines is 1. The summed E-state index contributed by atoms with van der Waals surface area (Å²) in [4.78, 5) is 21.9. The van der Waals surface area contributed by atoms with Crippen molar-refractivity contribution < 1.29 is 18.1 Å². The molecular formula is C16H24N4O5S. The normalized spacial score (nSPS) is 21.2. The summed E-state index contributed by atoms with van der Waals surface area (Å²) < 4.78 is 27.2. The quantitative estimate of drug-likeness (QED) is 0.565. The molecule has 144 valence electrons. The Hall–Kier alpha value is -2.20. The van der Waals surface area contributed by atoms with Crippen molar-refractivity contribution in [2.24, 2.45) is 11.8 Å².